The van der Waals surface area contributed by atoms with Crippen molar-refractivity contribution in [3.63, 3.8) is 0 Å². The van der Waals surface area contributed by atoms with Gasteiger partial charge in [0.15, 0.2) is 11.6 Å². The van der Waals surface area contributed by atoms with E-state index in [1.54, 1.807) is 6.92 Å². The molecule has 0 saturated carbocycles. The molecule has 0 aliphatic carbocycles. The zero-order chi connectivity index (χ0) is 12.1. The molecule has 0 aliphatic rings. The molecule has 0 aliphatic heterocycles. The molecular formula is C11H9F2NO2. The molecule has 0 saturated heterocycles. The number of benzene rings is 1. The van der Waals surface area contributed by atoms with Crippen LogP contribution in [0.5, 0.6) is 0 Å². The van der Waals surface area contributed by atoms with E-state index in [1.807, 2.05) is 0 Å². The van der Waals surface area contributed by atoms with Gasteiger partial charge in [-0.05, 0) is 13.0 Å². The van der Waals surface area contributed by atoms with Gasteiger partial charge in [0.1, 0.15) is 0 Å². The first-order valence-corrected chi connectivity index (χ1v) is 4.48. The molecule has 0 amide bonds. The van der Waals surface area contributed by atoms with E-state index in [0.717, 1.165) is 12.1 Å². The van der Waals surface area contributed by atoms with Gasteiger partial charge in [0.05, 0.1) is 17.9 Å². The fourth-order valence-corrected chi connectivity index (χ4v) is 0.956. The number of halogens is 2. The number of carbonyl (C=O) groups excluding carboxylic acids is 1. The molecule has 1 aromatic rings. The van der Waals surface area contributed by atoms with Gasteiger partial charge in [0, 0.05) is 12.0 Å². The van der Waals surface area contributed by atoms with Crippen LogP contribution >= 0.6 is 0 Å². The van der Waals surface area contributed by atoms with E-state index in [2.05, 4.69) is 16.6 Å². The summed E-state index contributed by atoms with van der Waals surface area (Å²) in [7, 11) is 0. The Hall–Kier alpha value is -2.09. The Morgan fingerprint density at radius 3 is 2.69 bits per heavy atom. The first-order valence-electron chi connectivity index (χ1n) is 4.48. The topological polar surface area (TPSA) is 52.3 Å². The van der Waals surface area contributed by atoms with Gasteiger partial charge in [-0.2, -0.15) is 0 Å². The fraction of sp³-hybridized carbons (Fsp3) is 0.182. The van der Waals surface area contributed by atoms with Crippen molar-refractivity contribution >= 4 is 11.7 Å². The summed E-state index contributed by atoms with van der Waals surface area (Å²) in [5.74, 6) is 1.55. The molecule has 0 spiro atoms. The quantitative estimate of drug-likeness (QED) is 0.447. The summed E-state index contributed by atoms with van der Waals surface area (Å²) in [5.41, 5.74) is 5.41. The highest BCUT2D eigenvalue weighted by Crippen LogP contribution is 2.15. The third kappa shape index (κ3) is 2.95. The number of nitrogens with two attached hydrogens (primary N) is 1. The third-order valence-corrected chi connectivity index (χ3v) is 1.67. The third-order valence-electron chi connectivity index (χ3n) is 1.67. The molecule has 3 nitrogen and oxygen atoms in total. The molecule has 0 atom stereocenters. The minimum Gasteiger partial charge on any atom is -0.456 e. The van der Waals surface area contributed by atoms with Gasteiger partial charge < -0.3 is 10.5 Å². The Bertz CT molecular complexity index is 475. The second-order valence-electron chi connectivity index (χ2n) is 2.82. The molecule has 5 heteroatoms. The summed E-state index contributed by atoms with van der Waals surface area (Å²) in [6, 6.07) is 1.64. The second-order valence-corrected chi connectivity index (χ2v) is 2.82. The molecule has 0 fully saturated rings. The molecule has 2 N–H and O–H groups in total. The number of anilines is 1. The lowest BCUT2D eigenvalue weighted by molar-refractivity contribution is -0.136. The number of hydrogen-bond donors (Lipinski definition) is 1. The summed E-state index contributed by atoms with van der Waals surface area (Å²) in [6.45, 7) is 1.83. The summed E-state index contributed by atoms with van der Waals surface area (Å²) in [4.78, 5) is 10.9. The van der Waals surface area contributed by atoms with Gasteiger partial charge in [-0.15, -0.1) is 0 Å². The number of rotatable bonds is 1. The SMILES string of the molecule is CCOC(=O)C#Cc1cc(F)c(F)cc1N. The molecular weight excluding hydrogens is 216 g/mol. The summed E-state index contributed by atoms with van der Waals surface area (Å²) in [6.07, 6.45) is 0. The van der Waals surface area contributed by atoms with Crippen LogP contribution in [0.25, 0.3) is 0 Å². The van der Waals surface area contributed by atoms with Crippen LogP contribution in [0.15, 0.2) is 12.1 Å². The zero-order valence-electron chi connectivity index (χ0n) is 8.51. The van der Waals surface area contributed by atoms with E-state index in [4.69, 9.17) is 5.73 Å². The van der Waals surface area contributed by atoms with E-state index in [9.17, 15) is 13.6 Å². The van der Waals surface area contributed by atoms with Crippen LogP contribution in [0.4, 0.5) is 14.5 Å². The van der Waals surface area contributed by atoms with Crippen molar-refractivity contribution in [3.8, 4) is 11.8 Å². The number of esters is 1. The van der Waals surface area contributed by atoms with Crippen LogP contribution in [0.3, 0.4) is 0 Å². The first-order chi connectivity index (χ1) is 7.54. The Morgan fingerprint density at radius 1 is 1.44 bits per heavy atom. The van der Waals surface area contributed by atoms with Gasteiger partial charge in [-0.1, -0.05) is 5.92 Å². The fourth-order valence-electron chi connectivity index (χ4n) is 0.956. The first kappa shape index (κ1) is 12.0. The Balaban J connectivity index is 2.97. The number of ether oxygens (including phenoxy) is 1. The van der Waals surface area contributed by atoms with Crippen LogP contribution in [0, 0.1) is 23.5 Å². The van der Waals surface area contributed by atoms with Gasteiger partial charge in [0.25, 0.3) is 0 Å². The molecule has 16 heavy (non-hydrogen) atoms. The lowest BCUT2D eigenvalue weighted by Crippen LogP contribution is -2.00. The molecule has 84 valence electrons. The lowest BCUT2D eigenvalue weighted by atomic mass is 10.2. The predicted octanol–water partition coefficient (Wildman–Crippen LogP) is 1.46. The summed E-state index contributed by atoms with van der Waals surface area (Å²) >= 11 is 0. The molecule has 0 radical (unpaired) electrons. The van der Waals surface area contributed by atoms with Crippen molar-refractivity contribution in [2.45, 2.75) is 6.92 Å². The van der Waals surface area contributed by atoms with E-state index >= 15 is 0 Å². The molecule has 1 rings (SSSR count). The minimum atomic E-state index is -1.07. The average molecular weight is 225 g/mol. The van der Waals surface area contributed by atoms with Crippen LogP contribution in [-0.4, -0.2) is 12.6 Å². The zero-order valence-corrected chi connectivity index (χ0v) is 8.51. The maximum Gasteiger partial charge on any atom is 0.384 e. The highest BCUT2D eigenvalue weighted by Gasteiger charge is 2.05. The number of nitrogen functional groups attached to an aromatic ring is 1. The van der Waals surface area contributed by atoms with Crippen molar-refractivity contribution in [1.82, 2.24) is 0 Å². The van der Waals surface area contributed by atoms with Crippen LogP contribution in [0.2, 0.25) is 0 Å². The average Bonchev–Trinajstić information content (AvgIpc) is 2.22. The van der Waals surface area contributed by atoms with Gasteiger partial charge in [0.2, 0.25) is 0 Å². The van der Waals surface area contributed by atoms with Crippen molar-refractivity contribution in [1.29, 1.82) is 0 Å². The smallest absolute Gasteiger partial charge is 0.384 e. The van der Waals surface area contributed by atoms with E-state index in [-0.39, 0.29) is 17.9 Å². The van der Waals surface area contributed by atoms with Crippen LogP contribution in [0.1, 0.15) is 12.5 Å². The maximum atomic E-state index is 12.8. The van der Waals surface area contributed by atoms with Crippen molar-refractivity contribution < 1.29 is 18.3 Å². The van der Waals surface area contributed by atoms with Gasteiger partial charge >= 0.3 is 5.97 Å². The van der Waals surface area contributed by atoms with Gasteiger partial charge in [-0.3, -0.25) is 0 Å². The standard InChI is InChI=1S/C11H9F2NO2/c1-2-16-11(15)4-3-7-5-8(12)9(13)6-10(7)14/h5-6H,2,14H2,1H3. The Labute approximate surface area is 91.2 Å². The van der Waals surface area contributed by atoms with E-state index < -0.39 is 17.6 Å². The largest absolute Gasteiger partial charge is 0.456 e. The predicted molar refractivity (Wildman–Crippen MR) is 54.3 cm³/mol. The van der Waals surface area contributed by atoms with E-state index in [0.29, 0.717) is 0 Å². The Morgan fingerprint density at radius 2 is 2.06 bits per heavy atom. The second kappa shape index (κ2) is 5.12. The number of hydrogen-bond acceptors (Lipinski definition) is 3. The van der Waals surface area contributed by atoms with Gasteiger partial charge in [-0.25, -0.2) is 13.6 Å². The minimum absolute atomic E-state index is 0.0318. The van der Waals surface area contributed by atoms with Crippen LogP contribution < -0.4 is 5.73 Å². The normalized spacial score (nSPS) is 9.19. The molecule has 0 heterocycles. The Kier molecular flexibility index (Phi) is 3.84. The molecule has 0 bridgehead atoms. The van der Waals surface area contributed by atoms with Crippen molar-refractivity contribution in [2.24, 2.45) is 0 Å². The summed E-state index contributed by atoms with van der Waals surface area (Å²) < 4.78 is 30.0. The van der Waals surface area contributed by atoms with Crippen molar-refractivity contribution in [3.05, 3.63) is 29.3 Å². The highest BCUT2D eigenvalue weighted by molar-refractivity contribution is 5.89. The number of carbonyl (C=O) groups is 1. The molecule has 1 aromatic carbocycles. The lowest BCUT2D eigenvalue weighted by Gasteiger charge is -1.99. The maximum absolute atomic E-state index is 12.8. The summed E-state index contributed by atoms with van der Waals surface area (Å²) in [5, 5.41) is 0. The molecule has 0 unspecified atom stereocenters. The van der Waals surface area contributed by atoms with E-state index in [1.165, 1.54) is 0 Å². The highest BCUT2D eigenvalue weighted by atomic mass is 19.2. The van der Waals surface area contributed by atoms with Crippen LogP contribution in [-0.2, 0) is 9.53 Å². The monoisotopic (exact) mass is 225 g/mol. The molecule has 0 aromatic heterocycles. The van der Waals surface area contributed by atoms with Crippen molar-refractivity contribution in [2.75, 3.05) is 12.3 Å².